The maximum Gasteiger partial charge on any atom is 0.241 e. The molecule has 2 fully saturated rings. The van der Waals surface area contributed by atoms with Crippen molar-refractivity contribution < 1.29 is 4.79 Å². The van der Waals surface area contributed by atoms with Gasteiger partial charge in [0.05, 0.1) is 6.04 Å². The van der Waals surface area contributed by atoms with Crippen molar-refractivity contribution in [3.63, 3.8) is 0 Å². The molecule has 1 saturated heterocycles. The SMILES string of the molecule is CC1NC(c2ccccc2)N(C2CCCC(C)C2C)C1=O. The number of carbonyl (C=O) groups excluding carboxylic acids is 1. The van der Waals surface area contributed by atoms with Crippen molar-refractivity contribution >= 4 is 5.91 Å². The Labute approximate surface area is 127 Å². The van der Waals surface area contributed by atoms with E-state index in [1.54, 1.807) is 0 Å². The van der Waals surface area contributed by atoms with E-state index in [2.05, 4.69) is 48.3 Å². The van der Waals surface area contributed by atoms with E-state index >= 15 is 0 Å². The molecule has 3 heteroatoms. The third-order valence-electron chi connectivity index (χ3n) is 5.45. The molecule has 0 bridgehead atoms. The average molecular weight is 286 g/mol. The fourth-order valence-electron chi connectivity index (χ4n) is 3.93. The number of carbonyl (C=O) groups is 1. The minimum atomic E-state index is -0.0837. The monoisotopic (exact) mass is 286 g/mol. The van der Waals surface area contributed by atoms with Crippen LogP contribution in [0.2, 0.25) is 0 Å². The minimum Gasteiger partial charge on any atom is -0.318 e. The summed E-state index contributed by atoms with van der Waals surface area (Å²) in [6.45, 7) is 6.62. The second-order valence-electron chi connectivity index (χ2n) is 6.78. The zero-order valence-corrected chi connectivity index (χ0v) is 13.3. The lowest BCUT2D eigenvalue weighted by Crippen LogP contribution is -2.47. The highest BCUT2D eigenvalue weighted by Gasteiger charge is 2.44. The van der Waals surface area contributed by atoms with E-state index in [0.717, 1.165) is 6.42 Å². The molecular formula is C18H26N2O. The van der Waals surface area contributed by atoms with Gasteiger partial charge in [-0.05, 0) is 30.7 Å². The van der Waals surface area contributed by atoms with Crippen LogP contribution >= 0.6 is 0 Å². The number of hydrogen-bond donors (Lipinski definition) is 1. The first-order chi connectivity index (χ1) is 10.1. The topological polar surface area (TPSA) is 32.3 Å². The van der Waals surface area contributed by atoms with Crippen LogP contribution in [0.1, 0.15) is 51.8 Å². The third-order valence-corrected chi connectivity index (χ3v) is 5.45. The lowest BCUT2D eigenvalue weighted by atomic mass is 9.77. The van der Waals surface area contributed by atoms with Crippen LogP contribution in [0.15, 0.2) is 30.3 Å². The molecule has 2 aliphatic rings. The highest BCUT2D eigenvalue weighted by molar-refractivity contribution is 5.84. The third kappa shape index (κ3) is 2.59. The van der Waals surface area contributed by atoms with Gasteiger partial charge in [-0.2, -0.15) is 0 Å². The van der Waals surface area contributed by atoms with E-state index in [-0.39, 0.29) is 18.1 Å². The summed E-state index contributed by atoms with van der Waals surface area (Å²) in [6, 6.07) is 10.6. The molecule has 0 spiro atoms. The molecule has 3 nitrogen and oxygen atoms in total. The summed E-state index contributed by atoms with van der Waals surface area (Å²) in [5.74, 6) is 1.53. The highest BCUT2D eigenvalue weighted by Crippen LogP contribution is 2.38. The van der Waals surface area contributed by atoms with Crippen molar-refractivity contribution in [2.24, 2.45) is 11.8 Å². The van der Waals surface area contributed by atoms with Crippen molar-refractivity contribution in [1.82, 2.24) is 10.2 Å². The number of benzene rings is 1. The largest absolute Gasteiger partial charge is 0.318 e. The second-order valence-corrected chi connectivity index (χ2v) is 6.78. The van der Waals surface area contributed by atoms with Crippen LogP contribution < -0.4 is 5.32 Å². The van der Waals surface area contributed by atoms with E-state index in [1.807, 2.05) is 13.0 Å². The molecule has 114 valence electrons. The molecule has 1 aromatic rings. The predicted molar refractivity (Wildman–Crippen MR) is 84.6 cm³/mol. The summed E-state index contributed by atoms with van der Waals surface area (Å²) in [6.07, 6.45) is 3.69. The fourth-order valence-corrected chi connectivity index (χ4v) is 3.93. The normalized spacial score (nSPS) is 37.0. The van der Waals surface area contributed by atoms with Gasteiger partial charge < -0.3 is 4.90 Å². The number of nitrogens with zero attached hydrogens (tertiary/aromatic N) is 1. The van der Waals surface area contributed by atoms with E-state index in [9.17, 15) is 4.79 Å². The van der Waals surface area contributed by atoms with Crippen LogP contribution in [0.4, 0.5) is 0 Å². The molecule has 5 atom stereocenters. The van der Waals surface area contributed by atoms with Gasteiger partial charge in [0, 0.05) is 6.04 Å². The second kappa shape index (κ2) is 5.80. The van der Waals surface area contributed by atoms with Crippen LogP contribution in [0.25, 0.3) is 0 Å². The maximum atomic E-state index is 12.7. The first kappa shape index (κ1) is 14.6. The molecule has 1 saturated carbocycles. The zero-order valence-electron chi connectivity index (χ0n) is 13.3. The maximum absolute atomic E-state index is 12.7. The Bertz CT molecular complexity index is 501. The molecule has 1 aromatic carbocycles. The average Bonchev–Trinajstić information content (AvgIpc) is 2.79. The summed E-state index contributed by atoms with van der Waals surface area (Å²) in [7, 11) is 0. The van der Waals surface area contributed by atoms with E-state index in [0.29, 0.717) is 17.9 Å². The highest BCUT2D eigenvalue weighted by atomic mass is 16.2. The molecule has 0 aromatic heterocycles. The minimum absolute atomic E-state index is 0.0337. The molecule has 1 aliphatic carbocycles. The van der Waals surface area contributed by atoms with Gasteiger partial charge in [-0.15, -0.1) is 0 Å². The Morgan fingerprint density at radius 1 is 1.10 bits per heavy atom. The van der Waals surface area contributed by atoms with Crippen molar-refractivity contribution in [2.75, 3.05) is 0 Å². The van der Waals surface area contributed by atoms with Gasteiger partial charge >= 0.3 is 0 Å². The fraction of sp³-hybridized carbons (Fsp3) is 0.611. The van der Waals surface area contributed by atoms with Crippen LogP contribution in [0, 0.1) is 11.8 Å². The van der Waals surface area contributed by atoms with Crippen molar-refractivity contribution in [1.29, 1.82) is 0 Å². The van der Waals surface area contributed by atoms with Crippen LogP contribution in [-0.2, 0) is 4.79 Å². The molecule has 21 heavy (non-hydrogen) atoms. The van der Waals surface area contributed by atoms with E-state index < -0.39 is 0 Å². The molecule has 1 amide bonds. The smallest absolute Gasteiger partial charge is 0.241 e. The molecule has 5 unspecified atom stereocenters. The standard InChI is InChI=1S/C18H26N2O/c1-12-8-7-11-16(13(12)2)20-17(19-14(3)18(20)21)15-9-5-4-6-10-15/h4-6,9-10,12-14,16-17,19H,7-8,11H2,1-3H3. The summed E-state index contributed by atoms with van der Waals surface area (Å²) in [4.78, 5) is 14.8. The van der Waals surface area contributed by atoms with Crippen LogP contribution in [0.3, 0.4) is 0 Å². The summed E-state index contributed by atoms with van der Waals surface area (Å²) in [5.41, 5.74) is 1.20. The Morgan fingerprint density at radius 2 is 1.81 bits per heavy atom. The number of nitrogens with one attached hydrogen (secondary N) is 1. The Balaban J connectivity index is 1.91. The van der Waals surface area contributed by atoms with Crippen molar-refractivity contribution in [3.05, 3.63) is 35.9 Å². The van der Waals surface area contributed by atoms with Crippen molar-refractivity contribution in [2.45, 2.75) is 58.3 Å². The van der Waals surface area contributed by atoms with Gasteiger partial charge in [0.15, 0.2) is 0 Å². The van der Waals surface area contributed by atoms with Gasteiger partial charge in [0.2, 0.25) is 5.91 Å². The first-order valence-corrected chi connectivity index (χ1v) is 8.22. The molecule has 1 N–H and O–H groups in total. The summed E-state index contributed by atoms with van der Waals surface area (Å²) in [5, 5.41) is 3.48. The first-order valence-electron chi connectivity index (χ1n) is 8.22. The Hall–Kier alpha value is -1.35. The quantitative estimate of drug-likeness (QED) is 0.904. The molecule has 1 aliphatic heterocycles. The van der Waals surface area contributed by atoms with Gasteiger partial charge in [-0.25, -0.2) is 0 Å². The number of amides is 1. The molecule has 0 radical (unpaired) electrons. The van der Waals surface area contributed by atoms with E-state index in [4.69, 9.17) is 0 Å². The predicted octanol–water partition coefficient (Wildman–Crippen LogP) is 3.33. The zero-order chi connectivity index (χ0) is 15.0. The lowest BCUT2D eigenvalue weighted by molar-refractivity contribution is -0.134. The molecule has 1 heterocycles. The number of hydrogen-bond acceptors (Lipinski definition) is 2. The van der Waals surface area contributed by atoms with Gasteiger partial charge in [0.1, 0.15) is 6.17 Å². The van der Waals surface area contributed by atoms with E-state index in [1.165, 1.54) is 18.4 Å². The van der Waals surface area contributed by atoms with Crippen LogP contribution in [-0.4, -0.2) is 22.9 Å². The molecular weight excluding hydrogens is 260 g/mol. The van der Waals surface area contributed by atoms with Gasteiger partial charge in [-0.1, -0.05) is 57.0 Å². The van der Waals surface area contributed by atoms with Gasteiger partial charge in [0.25, 0.3) is 0 Å². The Kier molecular flexibility index (Phi) is 4.03. The lowest BCUT2D eigenvalue weighted by Gasteiger charge is -2.42. The summed E-state index contributed by atoms with van der Waals surface area (Å²) >= 11 is 0. The van der Waals surface area contributed by atoms with Gasteiger partial charge in [-0.3, -0.25) is 10.1 Å². The van der Waals surface area contributed by atoms with Crippen molar-refractivity contribution in [3.8, 4) is 0 Å². The summed E-state index contributed by atoms with van der Waals surface area (Å²) < 4.78 is 0. The molecule has 3 rings (SSSR count). The number of rotatable bonds is 2. The Morgan fingerprint density at radius 3 is 2.52 bits per heavy atom. The van der Waals surface area contributed by atoms with Crippen LogP contribution in [0.5, 0.6) is 0 Å².